The van der Waals surface area contributed by atoms with E-state index in [-0.39, 0.29) is 5.54 Å². The van der Waals surface area contributed by atoms with Crippen molar-refractivity contribution in [2.75, 3.05) is 0 Å². The van der Waals surface area contributed by atoms with Crippen LogP contribution in [0.4, 0.5) is 0 Å². The van der Waals surface area contributed by atoms with Gasteiger partial charge in [0, 0.05) is 11.6 Å². The Balaban J connectivity index is 2.08. The molecular weight excluding hydrogens is 356 g/mol. The van der Waals surface area contributed by atoms with Crippen LogP contribution in [0.5, 0.6) is 0 Å². The van der Waals surface area contributed by atoms with Crippen molar-refractivity contribution in [3.63, 3.8) is 0 Å². The molecular formula is C21H28N4O3. The second-order valence-electron chi connectivity index (χ2n) is 8.47. The monoisotopic (exact) mass is 384 g/mol. The number of aromatic nitrogens is 3. The minimum Gasteiger partial charge on any atom is -0.480 e. The van der Waals surface area contributed by atoms with Crippen molar-refractivity contribution in [2.45, 2.75) is 70.9 Å². The molecule has 7 nitrogen and oxygen atoms in total. The van der Waals surface area contributed by atoms with E-state index < -0.39 is 17.9 Å². The van der Waals surface area contributed by atoms with Crippen LogP contribution in [0, 0.1) is 6.92 Å². The van der Waals surface area contributed by atoms with Gasteiger partial charge in [-0.3, -0.25) is 4.79 Å². The summed E-state index contributed by atoms with van der Waals surface area (Å²) in [5, 5.41) is 17.4. The summed E-state index contributed by atoms with van der Waals surface area (Å²) in [6.07, 6.45) is 4.57. The van der Waals surface area contributed by atoms with Crippen LogP contribution in [-0.4, -0.2) is 37.8 Å². The maximum Gasteiger partial charge on any atom is 0.326 e. The van der Waals surface area contributed by atoms with Gasteiger partial charge in [-0.15, -0.1) is 6.58 Å². The number of allylic oxidation sites excluding steroid dienone is 1. The molecule has 1 aliphatic rings. The highest BCUT2D eigenvalue weighted by Crippen LogP contribution is 2.41. The molecule has 0 saturated heterocycles. The Bertz CT molecular complexity index is 935. The van der Waals surface area contributed by atoms with Gasteiger partial charge < -0.3 is 10.4 Å². The lowest BCUT2D eigenvalue weighted by Gasteiger charge is -2.20. The normalized spacial score (nSPS) is 15.4. The SMILES string of the molecule is C=CCCC(NC(=O)c1cc(C2CC2)nc2c1c(C)nn2C(C)(C)C)C(=O)O. The summed E-state index contributed by atoms with van der Waals surface area (Å²) >= 11 is 0. The summed E-state index contributed by atoms with van der Waals surface area (Å²) in [4.78, 5) is 29.4. The first kappa shape index (κ1) is 20.0. The Kier molecular flexibility index (Phi) is 5.28. The van der Waals surface area contributed by atoms with Crippen molar-refractivity contribution in [3.8, 4) is 0 Å². The van der Waals surface area contributed by atoms with Gasteiger partial charge in [0.2, 0.25) is 0 Å². The van der Waals surface area contributed by atoms with Crippen LogP contribution >= 0.6 is 0 Å². The predicted molar refractivity (Wildman–Crippen MR) is 108 cm³/mol. The zero-order valence-electron chi connectivity index (χ0n) is 17.0. The summed E-state index contributed by atoms with van der Waals surface area (Å²) in [6, 6.07) is 0.847. The van der Waals surface area contributed by atoms with Crippen LogP contribution < -0.4 is 5.32 Å². The van der Waals surface area contributed by atoms with Gasteiger partial charge in [-0.2, -0.15) is 5.10 Å². The van der Waals surface area contributed by atoms with E-state index in [4.69, 9.17) is 4.98 Å². The van der Waals surface area contributed by atoms with E-state index in [1.54, 1.807) is 6.08 Å². The van der Waals surface area contributed by atoms with E-state index in [0.29, 0.717) is 41.1 Å². The average molecular weight is 384 g/mol. The highest BCUT2D eigenvalue weighted by molar-refractivity contribution is 6.07. The van der Waals surface area contributed by atoms with Gasteiger partial charge in [0.25, 0.3) is 5.91 Å². The minimum absolute atomic E-state index is 0.289. The summed E-state index contributed by atoms with van der Waals surface area (Å²) in [5.74, 6) is -1.09. The van der Waals surface area contributed by atoms with Crippen molar-refractivity contribution < 1.29 is 14.7 Å². The molecule has 1 unspecified atom stereocenters. The highest BCUT2D eigenvalue weighted by Gasteiger charge is 2.31. The van der Waals surface area contributed by atoms with Gasteiger partial charge in [0.15, 0.2) is 5.65 Å². The number of rotatable bonds is 7. The second kappa shape index (κ2) is 7.37. The van der Waals surface area contributed by atoms with Crippen LogP contribution in [-0.2, 0) is 10.3 Å². The van der Waals surface area contributed by atoms with E-state index in [2.05, 4.69) is 17.0 Å². The van der Waals surface area contributed by atoms with Crippen LogP contribution in [0.15, 0.2) is 18.7 Å². The fourth-order valence-electron chi connectivity index (χ4n) is 3.32. The summed E-state index contributed by atoms with van der Waals surface area (Å²) in [6.45, 7) is 11.6. The van der Waals surface area contributed by atoms with Crippen LogP contribution in [0.1, 0.15) is 74.1 Å². The number of nitrogens with one attached hydrogen (secondary N) is 1. The standard InChI is InChI=1S/C21H28N4O3/c1-6-7-8-15(20(27)28)23-19(26)14-11-16(13-9-10-13)22-18-17(14)12(2)24-25(18)21(3,4)5/h6,11,13,15H,1,7-10H2,2-5H3,(H,23,26)(H,27,28). The molecule has 1 aliphatic carbocycles. The number of hydrogen-bond donors (Lipinski definition) is 2. The molecule has 2 N–H and O–H groups in total. The number of fused-ring (bicyclic) bond motifs is 1. The highest BCUT2D eigenvalue weighted by atomic mass is 16.4. The predicted octanol–water partition coefficient (Wildman–Crippen LogP) is 3.52. The average Bonchev–Trinajstić information content (AvgIpc) is 3.40. The maximum atomic E-state index is 13.1. The molecule has 7 heteroatoms. The Morgan fingerprint density at radius 2 is 2.11 bits per heavy atom. The molecule has 0 bridgehead atoms. The first-order valence-corrected chi connectivity index (χ1v) is 9.68. The Hall–Kier alpha value is -2.70. The van der Waals surface area contributed by atoms with E-state index >= 15 is 0 Å². The third kappa shape index (κ3) is 3.93. The molecule has 2 aromatic heterocycles. The molecule has 3 rings (SSSR count). The fourth-order valence-corrected chi connectivity index (χ4v) is 3.32. The number of pyridine rings is 1. The number of carbonyl (C=O) groups is 2. The van der Waals surface area contributed by atoms with Gasteiger partial charge in [-0.1, -0.05) is 6.08 Å². The molecule has 28 heavy (non-hydrogen) atoms. The second-order valence-corrected chi connectivity index (χ2v) is 8.47. The maximum absolute atomic E-state index is 13.1. The lowest BCUT2D eigenvalue weighted by Crippen LogP contribution is -2.40. The van der Waals surface area contributed by atoms with Gasteiger partial charge in [0.1, 0.15) is 6.04 Å². The molecule has 1 saturated carbocycles. The van der Waals surface area contributed by atoms with E-state index in [9.17, 15) is 14.7 Å². The zero-order valence-corrected chi connectivity index (χ0v) is 17.0. The molecule has 0 aliphatic heterocycles. The van der Waals surface area contributed by atoms with Crippen molar-refractivity contribution >= 4 is 22.9 Å². The van der Waals surface area contributed by atoms with Gasteiger partial charge in [-0.05, 0) is 59.4 Å². The summed E-state index contributed by atoms with van der Waals surface area (Å²) in [5.41, 5.74) is 2.43. The van der Waals surface area contributed by atoms with Crippen molar-refractivity contribution in [2.24, 2.45) is 0 Å². The molecule has 1 amide bonds. The molecule has 2 aromatic rings. The third-order valence-electron chi connectivity index (χ3n) is 4.97. The van der Waals surface area contributed by atoms with Gasteiger partial charge in [-0.25, -0.2) is 14.5 Å². The molecule has 150 valence electrons. The number of carbonyl (C=O) groups excluding carboxylic acids is 1. The van der Waals surface area contributed by atoms with Crippen molar-refractivity contribution in [1.29, 1.82) is 0 Å². The molecule has 1 atom stereocenters. The Labute approximate surface area is 164 Å². The van der Waals surface area contributed by atoms with Gasteiger partial charge >= 0.3 is 5.97 Å². The smallest absolute Gasteiger partial charge is 0.326 e. The molecule has 2 heterocycles. The zero-order chi connectivity index (χ0) is 20.6. The molecule has 0 radical (unpaired) electrons. The fraction of sp³-hybridized carbons (Fsp3) is 0.524. The Morgan fingerprint density at radius 3 is 2.64 bits per heavy atom. The number of amides is 1. The molecule has 0 spiro atoms. The number of carboxylic acids is 1. The number of aliphatic carboxylic acids is 1. The topological polar surface area (TPSA) is 97.1 Å². The minimum atomic E-state index is -1.05. The van der Waals surface area contributed by atoms with E-state index in [1.165, 1.54) is 0 Å². The van der Waals surface area contributed by atoms with Gasteiger partial charge in [0.05, 0.1) is 22.2 Å². The number of nitrogens with zero attached hydrogens (tertiary/aromatic N) is 3. The molecule has 0 aromatic carbocycles. The largest absolute Gasteiger partial charge is 0.480 e. The number of hydrogen-bond acceptors (Lipinski definition) is 4. The van der Waals surface area contributed by atoms with Crippen LogP contribution in [0.2, 0.25) is 0 Å². The van der Waals surface area contributed by atoms with E-state index in [0.717, 1.165) is 18.5 Å². The van der Waals surface area contributed by atoms with Crippen LogP contribution in [0.25, 0.3) is 11.0 Å². The van der Waals surface area contributed by atoms with Crippen LogP contribution in [0.3, 0.4) is 0 Å². The lowest BCUT2D eigenvalue weighted by molar-refractivity contribution is -0.139. The van der Waals surface area contributed by atoms with Crippen molar-refractivity contribution in [1.82, 2.24) is 20.1 Å². The first-order valence-electron chi connectivity index (χ1n) is 9.68. The Morgan fingerprint density at radius 1 is 1.43 bits per heavy atom. The lowest BCUT2D eigenvalue weighted by atomic mass is 10.0. The molecule has 1 fully saturated rings. The summed E-state index contributed by atoms with van der Waals surface area (Å²) in [7, 11) is 0. The summed E-state index contributed by atoms with van der Waals surface area (Å²) < 4.78 is 1.85. The number of aryl methyl sites for hydroxylation is 1. The number of carboxylic acid groups (broad SMARTS) is 1. The van der Waals surface area contributed by atoms with E-state index in [1.807, 2.05) is 38.4 Å². The quantitative estimate of drug-likeness (QED) is 0.712. The third-order valence-corrected chi connectivity index (χ3v) is 4.97. The first-order chi connectivity index (χ1) is 13.1. The van der Waals surface area contributed by atoms with Crippen molar-refractivity contribution in [3.05, 3.63) is 35.7 Å².